The Hall–Kier alpha value is -1.12. The molecule has 3 heteroatoms. The molecule has 0 fully saturated rings. The standard InChI is InChI=1S/C14H25N3/c1-9(2)7-11-8-12(15)17-13(16-11)10(3)14(4,5)6/h8-10H,7H2,1-6H3,(H2,15,16,17). The van der Waals surface area contributed by atoms with Gasteiger partial charge in [-0.3, -0.25) is 0 Å². The summed E-state index contributed by atoms with van der Waals surface area (Å²) in [5, 5.41) is 0. The molecule has 1 rings (SSSR count). The Morgan fingerprint density at radius 1 is 1.18 bits per heavy atom. The number of aromatic nitrogens is 2. The first kappa shape index (κ1) is 13.9. The zero-order valence-electron chi connectivity index (χ0n) is 11.9. The van der Waals surface area contributed by atoms with Crippen LogP contribution in [0, 0.1) is 11.3 Å². The van der Waals surface area contributed by atoms with Gasteiger partial charge in [0.15, 0.2) is 0 Å². The molecule has 0 aliphatic carbocycles. The zero-order chi connectivity index (χ0) is 13.2. The molecule has 1 atom stereocenters. The molecule has 1 heterocycles. The molecule has 0 aromatic carbocycles. The van der Waals surface area contributed by atoms with Crippen LogP contribution in [0.3, 0.4) is 0 Å². The van der Waals surface area contributed by atoms with Crippen molar-refractivity contribution in [1.29, 1.82) is 0 Å². The lowest BCUT2D eigenvalue weighted by molar-refractivity contribution is 0.327. The number of anilines is 1. The number of nitrogens with two attached hydrogens (primary N) is 1. The smallest absolute Gasteiger partial charge is 0.134 e. The van der Waals surface area contributed by atoms with E-state index < -0.39 is 0 Å². The van der Waals surface area contributed by atoms with E-state index in [9.17, 15) is 0 Å². The summed E-state index contributed by atoms with van der Waals surface area (Å²) >= 11 is 0. The van der Waals surface area contributed by atoms with Crippen LogP contribution in [0.1, 0.15) is 59.0 Å². The van der Waals surface area contributed by atoms with Gasteiger partial charge in [0.25, 0.3) is 0 Å². The predicted molar refractivity (Wildman–Crippen MR) is 72.9 cm³/mol. The summed E-state index contributed by atoms with van der Waals surface area (Å²) in [4.78, 5) is 9.02. The van der Waals surface area contributed by atoms with Crippen LogP contribution in [0.15, 0.2) is 6.07 Å². The van der Waals surface area contributed by atoms with E-state index in [4.69, 9.17) is 5.73 Å². The Bertz CT molecular complexity index is 378. The van der Waals surface area contributed by atoms with Gasteiger partial charge in [0.2, 0.25) is 0 Å². The van der Waals surface area contributed by atoms with E-state index in [0.717, 1.165) is 17.9 Å². The predicted octanol–water partition coefficient (Wildman–Crippen LogP) is 3.41. The van der Waals surface area contributed by atoms with Gasteiger partial charge in [-0.2, -0.15) is 0 Å². The molecule has 0 amide bonds. The summed E-state index contributed by atoms with van der Waals surface area (Å²) in [6.45, 7) is 13.1. The quantitative estimate of drug-likeness (QED) is 0.873. The molecule has 17 heavy (non-hydrogen) atoms. The third-order valence-electron chi connectivity index (χ3n) is 3.12. The van der Waals surface area contributed by atoms with Crippen molar-refractivity contribution in [3.63, 3.8) is 0 Å². The summed E-state index contributed by atoms with van der Waals surface area (Å²) in [6.07, 6.45) is 0.955. The Balaban J connectivity index is 3.05. The van der Waals surface area contributed by atoms with Crippen molar-refractivity contribution in [3.05, 3.63) is 17.6 Å². The van der Waals surface area contributed by atoms with Crippen LogP contribution in [0.25, 0.3) is 0 Å². The molecule has 96 valence electrons. The summed E-state index contributed by atoms with van der Waals surface area (Å²) in [7, 11) is 0. The van der Waals surface area contributed by atoms with Gasteiger partial charge in [-0.05, 0) is 17.8 Å². The van der Waals surface area contributed by atoms with E-state index in [2.05, 4.69) is 51.5 Å². The number of hydrogen-bond acceptors (Lipinski definition) is 3. The van der Waals surface area contributed by atoms with Crippen LogP contribution in [-0.4, -0.2) is 9.97 Å². The maximum atomic E-state index is 5.87. The average molecular weight is 235 g/mol. The summed E-state index contributed by atoms with van der Waals surface area (Å²) in [5.74, 6) is 2.34. The van der Waals surface area contributed by atoms with E-state index in [1.165, 1.54) is 0 Å². The second kappa shape index (κ2) is 5.03. The molecular formula is C14H25N3. The summed E-state index contributed by atoms with van der Waals surface area (Å²) in [5.41, 5.74) is 7.08. The Kier molecular flexibility index (Phi) is 4.12. The van der Waals surface area contributed by atoms with E-state index in [1.807, 2.05) is 6.07 Å². The van der Waals surface area contributed by atoms with Gasteiger partial charge in [-0.25, -0.2) is 9.97 Å². The monoisotopic (exact) mass is 235 g/mol. The van der Waals surface area contributed by atoms with Crippen molar-refractivity contribution in [3.8, 4) is 0 Å². The third kappa shape index (κ3) is 3.99. The Labute approximate surface area is 105 Å². The molecule has 0 saturated heterocycles. The molecule has 0 aliphatic rings. The molecule has 0 saturated carbocycles. The van der Waals surface area contributed by atoms with Crippen LogP contribution < -0.4 is 5.73 Å². The molecule has 2 N–H and O–H groups in total. The van der Waals surface area contributed by atoms with Crippen molar-refractivity contribution in [2.75, 3.05) is 5.73 Å². The SMILES string of the molecule is CC(C)Cc1cc(N)nc(C(C)C(C)(C)C)n1. The highest BCUT2D eigenvalue weighted by molar-refractivity contribution is 5.31. The fourth-order valence-corrected chi connectivity index (χ4v) is 1.64. The van der Waals surface area contributed by atoms with Crippen LogP contribution >= 0.6 is 0 Å². The largest absolute Gasteiger partial charge is 0.384 e. The topological polar surface area (TPSA) is 51.8 Å². The van der Waals surface area contributed by atoms with Crippen LogP contribution in [0.5, 0.6) is 0 Å². The Morgan fingerprint density at radius 2 is 1.76 bits per heavy atom. The lowest BCUT2D eigenvalue weighted by Gasteiger charge is -2.26. The van der Waals surface area contributed by atoms with Crippen molar-refractivity contribution in [1.82, 2.24) is 9.97 Å². The van der Waals surface area contributed by atoms with E-state index >= 15 is 0 Å². The first-order valence-corrected chi connectivity index (χ1v) is 6.33. The minimum atomic E-state index is 0.156. The second-order valence-corrected chi connectivity index (χ2v) is 6.33. The maximum absolute atomic E-state index is 5.87. The maximum Gasteiger partial charge on any atom is 0.134 e. The molecule has 0 radical (unpaired) electrons. The average Bonchev–Trinajstić information content (AvgIpc) is 2.12. The first-order chi connectivity index (χ1) is 7.70. The number of nitrogen functional groups attached to an aromatic ring is 1. The third-order valence-corrected chi connectivity index (χ3v) is 3.12. The number of hydrogen-bond donors (Lipinski definition) is 1. The van der Waals surface area contributed by atoms with Crippen LogP contribution in [0.4, 0.5) is 5.82 Å². The van der Waals surface area contributed by atoms with Gasteiger partial charge in [0.05, 0.1) is 0 Å². The second-order valence-electron chi connectivity index (χ2n) is 6.33. The molecule has 0 bridgehead atoms. The molecule has 3 nitrogen and oxygen atoms in total. The van der Waals surface area contributed by atoms with Gasteiger partial charge in [0.1, 0.15) is 11.6 Å². The van der Waals surface area contributed by atoms with Crippen molar-refractivity contribution < 1.29 is 0 Å². The lowest BCUT2D eigenvalue weighted by atomic mass is 9.81. The molecule has 1 unspecified atom stereocenters. The van der Waals surface area contributed by atoms with Gasteiger partial charge in [-0.15, -0.1) is 0 Å². The number of nitrogens with zero attached hydrogens (tertiary/aromatic N) is 2. The van der Waals surface area contributed by atoms with Gasteiger partial charge < -0.3 is 5.73 Å². The molecule has 1 aromatic heterocycles. The molecule has 1 aromatic rings. The molecular weight excluding hydrogens is 210 g/mol. The molecule has 0 spiro atoms. The van der Waals surface area contributed by atoms with Crippen LogP contribution in [-0.2, 0) is 6.42 Å². The lowest BCUT2D eigenvalue weighted by Crippen LogP contribution is -2.19. The normalized spacial score (nSPS) is 14.1. The fraction of sp³-hybridized carbons (Fsp3) is 0.714. The summed E-state index contributed by atoms with van der Waals surface area (Å²) < 4.78 is 0. The fourth-order valence-electron chi connectivity index (χ4n) is 1.64. The number of rotatable bonds is 3. The van der Waals surface area contributed by atoms with E-state index in [-0.39, 0.29) is 5.41 Å². The highest BCUT2D eigenvalue weighted by Gasteiger charge is 2.24. The van der Waals surface area contributed by atoms with E-state index in [0.29, 0.717) is 17.7 Å². The minimum absolute atomic E-state index is 0.156. The zero-order valence-corrected chi connectivity index (χ0v) is 11.9. The van der Waals surface area contributed by atoms with Crippen LogP contribution in [0.2, 0.25) is 0 Å². The Morgan fingerprint density at radius 3 is 2.24 bits per heavy atom. The van der Waals surface area contributed by atoms with Crippen molar-refractivity contribution in [2.45, 2.75) is 53.9 Å². The van der Waals surface area contributed by atoms with Gasteiger partial charge in [-0.1, -0.05) is 41.5 Å². The van der Waals surface area contributed by atoms with Gasteiger partial charge >= 0.3 is 0 Å². The minimum Gasteiger partial charge on any atom is -0.384 e. The molecule has 0 aliphatic heterocycles. The van der Waals surface area contributed by atoms with Crippen molar-refractivity contribution >= 4 is 5.82 Å². The highest BCUT2D eigenvalue weighted by Crippen LogP contribution is 2.32. The van der Waals surface area contributed by atoms with E-state index in [1.54, 1.807) is 0 Å². The highest BCUT2D eigenvalue weighted by atomic mass is 15.0. The first-order valence-electron chi connectivity index (χ1n) is 6.33. The van der Waals surface area contributed by atoms with Gasteiger partial charge in [0, 0.05) is 17.7 Å². The summed E-state index contributed by atoms with van der Waals surface area (Å²) in [6, 6.07) is 1.89. The van der Waals surface area contributed by atoms with Crippen molar-refractivity contribution in [2.24, 2.45) is 11.3 Å².